The molecule has 3 atom stereocenters. The Labute approximate surface area is 233 Å². The molecule has 5 rings (SSSR count). The van der Waals surface area contributed by atoms with Gasteiger partial charge >= 0.3 is 0 Å². The second-order valence-corrected chi connectivity index (χ2v) is 13.2. The van der Waals surface area contributed by atoms with Crippen LogP contribution in [0.4, 0.5) is 8.78 Å². The molecule has 1 amide bonds. The fourth-order valence-electron chi connectivity index (χ4n) is 6.94. The lowest BCUT2D eigenvalue weighted by molar-refractivity contribution is -0.130. The monoisotopic (exact) mass is 561 g/mol. The van der Waals surface area contributed by atoms with Gasteiger partial charge in [-0.2, -0.15) is 0 Å². The summed E-state index contributed by atoms with van der Waals surface area (Å²) in [4.78, 5) is 29.4. The lowest BCUT2D eigenvalue weighted by Crippen LogP contribution is -2.45. The van der Waals surface area contributed by atoms with Crippen molar-refractivity contribution in [1.29, 1.82) is 0 Å². The number of ketones is 1. The van der Waals surface area contributed by atoms with Crippen molar-refractivity contribution in [3.8, 4) is 0 Å². The molecule has 7 nitrogen and oxygen atoms in total. The number of halogens is 2. The molecule has 2 aromatic rings. The molecule has 1 aliphatic carbocycles. The van der Waals surface area contributed by atoms with Crippen molar-refractivity contribution in [2.45, 2.75) is 121 Å². The van der Waals surface area contributed by atoms with Crippen molar-refractivity contribution < 1.29 is 18.4 Å². The predicted molar refractivity (Wildman–Crippen MR) is 147 cm³/mol. The quantitative estimate of drug-likeness (QED) is 0.368. The number of hydrogen-bond donors (Lipinski definition) is 1. The molecule has 214 valence electrons. The molecule has 1 saturated carbocycles. The normalized spacial score (nSPS) is 26.2. The van der Waals surface area contributed by atoms with Crippen LogP contribution < -0.4 is 5.32 Å². The van der Waals surface area contributed by atoms with E-state index in [1.165, 1.54) is 24.2 Å². The maximum atomic E-state index is 13.7. The van der Waals surface area contributed by atoms with Crippen LogP contribution in [-0.2, 0) is 4.79 Å². The number of hydrogen-bond acceptors (Lipinski definition) is 6. The summed E-state index contributed by atoms with van der Waals surface area (Å²) in [6.45, 7) is 8.78. The summed E-state index contributed by atoms with van der Waals surface area (Å²) < 4.78 is 29.7. The van der Waals surface area contributed by atoms with E-state index in [-0.39, 0.29) is 49.3 Å². The number of alkyl halides is 2. The van der Waals surface area contributed by atoms with Crippen molar-refractivity contribution >= 4 is 23.0 Å². The third kappa shape index (κ3) is 6.11. The van der Waals surface area contributed by atoms with Gasteiger partial charge in [0.1, 0.15) is 11.6 Å². The third-order valence-electron chi connectivity index (χ3n) is 9.03. The second kappa shape index (κ2) is 11.4. The lowest BCUT2D eigenvalue weighted by atomic mass is 9.86. The van der Waals surface area contributed by atoms with E-state index >= 15 is 0 Å². The average Bonchev–Trinajstić information content (AvgIpc) is 3.58. The first-order valence-corrected chi connectivity index (χ1v) is 15.3. The van der Waals surface area contributed by atoms with Crippen LogP contribution in [-0.4, -0.2) is 55.9 Å². The zero-order chi connectivity index (χ0) is 27.9. The van der Waals surface area contributed by atoms with Gasteiger partial charge in [0.05, 0.1) is 10.9 Å². The van der Waals surface area contributed by atoms with E-state index in [9.17, 15) is 18.4 Å². The van der Waals surface area contributed by atoms with E-state index in [0.717, 1.165) is 42.3 Å². The second-order valence-electron chi connectivity index (χ2n) is 12.1. The molecule has 3 fully saturated rings. The Bertz CT molecular complexity index is 1170. The number of aryl methyl sites for hydroxylation is 1. The Morgan fingerprint density at radius 1 is 1.08 bits per heavy atom. The molecule has 2 saturated heterocycles. The molecule has 4 heterocycles. The number of Topliss-reactive ketones (excluding diaryl/α,β-unsaturated/α-hetero) is 1. The minimum Gasteiger partial charge on any atom is -0.348 e. The molecule has 2 unspecified atom stereocenters. The number of rotatable bonds is 9. The van der Waals surface area contributed by atoms with Crippen molar-refractivity contribution in [2.75, 3.05) is 6.54 Å². The smallest absolute Gasteiger partial charge is 0.248 e. The highest BCUT2D eigenvalue weighted by Gasteiger charge is 2.43. The Balaban J connectivity index is 1.27. The van der Waals surface area contributed by atoms with Crippen LogP contribution in [0, 0.1) is 12.8 Å². The molecule has 0 spiro atoms. The largest absolute Gasteiger partial charge is 0.348 e. The predicted octanol–water partition coefficient (Wildman–Crippen LogP) is 6.22. The van der Waals surface area contributed by atoms with E-state index in [1.807, 2.05) is 19.1 Å². The summed E-state index contributed by atoms with van der Waals surface area (Å²) in [5.41, 5.74) is 0. The van der Waals surface area contributed by atoms with Gasteiger partial charge in [-0.3, -0.25) is 14.5 Å². The summed E-state index contributed by atoms with van der Waals surface area (Å²) in [7, 11) is 0. The lowest BCUT2D eigenvalue weighted by Gasteiger charge is -2.40. The van der Waals surface area contributed by atoms with Gasteiger partial charge in [-0.05, 0) is 70.9 Å². The van der Waals surface area contributed by atoms with Crippen LogP contribution >= 0.6 is 11.3 Å². The maximum absolute atomic E-state index is 13.7. The Kier molecular flexibility index (Phi) is 8.25. The summed E-state index contributed by atoms with van der Waals surface area (Å²) in [6.07, 6.45) is 5.16. The number of aromatic nitrogens is 3. The average molecular weight is 562 g/mol. The van der Waals surface area contributed by atoms with Gasteiger partial charge in [-0.25, -0.2) is 8.78 Å². The Hall–Kier alpha value is -2.20. The number of thiophene rings is 1. The minimum atomic E-state index is -2.66. The van der Waals surface area contributed by atoms with Gasteiger partial charge in [-0.15, -0.1) is 21.5 Å². The van der Waals surface area contributed by atoms with Gasteiger partial charge < -0.3 is 9.88 Å². The highest BCUT2D eigenvalue weighted by Crippen LogP contribution is 2.43. The maximum Gasteiger partial charge on any atom is 0.248 e. The molecule has 2 aromatic heterocycles. The van der Waals surface area contributed by atoms with Crippen LogP contribution in [0.2, 0.25) is 0 Å². The van der Waals surface area contributed by atoms with Crippen LogP contribution in [0.15, 0.2) is 12.1 Å². The van der Waals surface area contributed by atoms with E-state index in [0.29, 0.717) is 28.9 Å². The van der Waals surface area contributed by atoms with E-state index in [1.54, 1.807) is 6.92 Å². The van der Waals surface area contributed by atoms with Crippen LogP contribution in [0.5, 0.6) is 0 Å². The van der Waals surface area contributed by atoms with Crippen LogP contribution in [0.1, 0.15) is 123 Å². The summed E-state index contributed by atoms with van der Waals surface area (Å²) in [6, 6.07) is 4.88. The molecule has 2 aliphatic heterocycles. The standard InChI is InChI=1S/C29H41F2N5O2S/c1-17(2)27-34-33-19(4)36(27)23-15-21-5-6-22(16-23)35(21)14-11-24(26-8-7-25(39-26)18(3)37)32-28(38)20-9-12-29(30,31)13-10-20/h7-8,17,20-24H,5-6,9-16H2,1-4H3,(H,32,38)/t21?,22?,23?,24-/m0/s1. The first-order chi connectivity index (χ1) is 18.5. The van der Waals surface area contributed by atoms with Crippen molar-refractivity contribution in [3.05, 3.63) is 33.5 Å². The zero-order valence-corrected chi connectivity index (χ0v) is 24.3. The third-order valence-corrected chi connectivity index (χ3v) is 10.3. The Morgan fingerprint density at radius 2 is 1.74 bits per heavy atom. The van der Waals surface area contributed by atoms with Crippen molar-refractivity contribution in [2.24, 2.45) is 5.92 Å². The molecule has 2 bridgehead atoms. The molecule has 0 aromatic carbocycles. The number of nitrogens with zero attached hydrogens (tertiary/aromatic N) is 4. The number of amides is 1. The molecule has 3 aliphatic rings. The fourth-order valence-corrected chi connectivity index (χ4v) is 7.93. The molecule has 0 radical (unpaired) electrons. The van der Waals surface area contributed by atoms with Crippen LogP contribution in [0.25, 0.3) is 0 Å². The SMILES string of the molecule is CC(=O)c1ccc([C@H](CCN2C3CCC2CC(n2c(C)nnc2C(C)C)C3)NC(=O)C2CCC(F)(F)CC2)s1. The van der Waals surface area contributed by atoms with E-state index in [2.05, 4.69) is 38.8 Å². The van der Waals surface area contributed by atoms with Gasteiger partial charge in [-0.1, -0.05) is 13.8 Å². The molecular weight excluding hydrogens is 520 g/mol. The molecule has 1 N–H and O–H groups in total. The van der Waals surface area contributed by atoms with Gasteiger partial charge in [0.15, 0.2) is 5.78 Å². The Morgan fingerprint density at radius 3 is 2.33 bits per heavy atom. The molecule has 10 heteroatoms. The number of carbonyl (C=O) groups is 2. The zero-order valence-electron chi connectivity index (χ0n) is 23.5. The van der Waals surface area contributed by atoms with E-state index < -0.39 is 5.92 Å². The first-order valence-electron chi connectivity index (χ1n) is 14.5. The van der Waals surface area contributed by atoms with Gasteiger partial charge in [0.25, 0.3) is 0 Å². The number of carbonyl (C=O) groups excluding carboxylic acids is 2. The van der Waals surface area contributed by atoms with Gasteiger partial charge in [0, 0.05) is 54.2 Å². The molecular formula is C29H41F2N5O2S. The number of fused-ring (bicyclic) bond motifs is 2. The number of nitrogens with one attached hydrogen (secondary N) is 1. The summed E-state index contributed by atoms with van der Waals surface area (Å²) in [5, 5.41) is 12.0. The van der Waals surface area contributed by atoms with E-state index in [4.69, 9.17) is 0 Å². The van der Waals surface area contributed by atoms with Crippen LogP contribution in [0.3, 0.4) is 0 Å². The summed E-state index contributed by atoms with van der Waals surface area (Å²) >= 11 is 1.43. The highest BCUT2D eigenvalue weighted by molar-refractivity contribution is 7.14. The number of piperidine rings is 1. The minimum absolute atomic E-state index is 0.0102. The van der Waals surface area contributed by atoms with Crippen molar-refractivity contribution in [3.63, 3.8) is 0 Å². The summed E-state index contributed by atoms with van der Waals surface area (Å²) in [5.74, 6) is -0.796. The van der Waals surface area contributed by atoms with Crippen molar-refractivity contribution in [1.82, 2.24) is 25.0 Å². The van der Waals surface area contributed by atoms with Gasteiger partial charge in [0.2, 0.25) is 11.8 Å². The first kappa shape index (κ1) is 28.3. The molecule has 39 heavy (non-hydrogen) atoms. The highest BCUT2D eigenvalue weighted by atomic mass is 32.1. The fraction of sp³-hybridized carbons (Fsp3) is 0.724. The topological polar surface area (TPSA) is 80.1 Å².